The molecule has 1 heterocycles. The first kappa shape index (κ1) is 25.4. The highest BCUT2D eigenvalue weighted by Crippen LogP contribution is 2.36. The molecule has 0 spiro atoms. The molecule has 2 atom stereocenters. The molecule has 1 N–H and O–H groups in total. The topological polar surface area (TPSA) is 69.7 Å². The van der Waals surface area contributed by atoms with Crippen LogP contribution in [0.3, 0.4) is 0 Å². The van der Waals surface area contributed by atoms with E-state index in [-0.39, 0.29) is 25.2 Å². The molecular formula is C23H44NO4. The summed E-state index contributed by atoms with van der Waals surface area (Å²) in [4.78, 5) is 10.9. The number of carbonyl (C=O) groups is 1. The van der Waals surface area contributed by atoms with E-state index in [0.717, 1.165) is 24.3 Å². The highest BCUT2D eigenvalue weighted by atomic mass is 16.6. The molecule has 1 fully saturated rings. The van der Waals surface area contributed by atoms with Gasteiger partial charge in [0.25, 0.3) is 0 Å². The van der Waals surface area contributed by atoms with Crippen molar-refractivity contribution < 1.29 is 19.8 Å². The van der Waals surface area contributed by atoms with Crippen LogP contribution in [0, 0.1) is 5.92 Å². The van der Waals surface area contributed by atoms with Gasteiger partial charge in [0, 0.05) is 6.42 Å². The molecule has 0 aromatic carbocycles. The van der Waals surface area contributed by atoms with Gasteiger partial charge in [-0.05, 0) is 39.0 Å². The van der Waals surface area contributed by atoms with Gasteiger partial charge in [-0.15, -0.1) is 10.3 Å². The maximum absolute atomic E-state index is 12.0. The van der Waals surface area contributed by atoms with Gasteiger partial charge in [-0.2, -0.15) is 0 Å². The molecule has 0 bridgehead atoms. The lowest BCUT2D eigenvalue weighted by molar-refractivity contribution is -0.205. The standard InChI is InChI=1S/C23H44NO4/c1-4-5-6-7-8-9-10-11-12-13-14-16-20(17-15-18-21(25)26)22-23(2,3)24(27)19-28-22/h20,22H,4-19H2,1-3H3,(H,25,26). The number of carboxylic acids is 1. The molecular weight excluding hydrogens is 354 g/mol. The molecule has 0 saturated carbocycles. The molecule has 5 nitrogen and oxygen atoms in total. The predicted octanol–water partition coefficient (Wildman–Crippen LogP) is 6.34. The molecule has 28 heavy (non-hydrogen) atoms. The average molecular weight is 399 g/mol. The number of rotatable bonds is 17. The molecule has 2 unspecified atom stereocenters. The second kappa shape index (κ2) is 14.4. The number of unbranched alkanes of at least 4 members (excludes halogenated alkanes) is 10. The minimum atomic E-state index is -0.745. The smallest absolute Gasteiger partial charge is 0.303 e. The average Bonchev–Trinajstić information content (AvgIpc) is 2.91. The van der Waals surface area contributed by atoms with E-state index in [1.165, 1.54) is 64.2 Å². The minimum absolute atomic E-state index is 0.0954. The van der Waals surface area contributed by atoms with Crippen molar-refractivity contribution in [2.45, 2.75) is 129 Å². The lowest BCUT2D eigenvalue weighted by Crippen LogP contribution is -2.46. The van der Waals surface area contributed by atoms with Gasteiger partial charge >= 0.3 is 5.97 Å². The van der Waals surface area contributed by atoms with Crippen molar-refractivity contribution in [2.24, 2.45) is 5.92 Å². The van der Waals surface area contributed by atoms with Crippen LogP contribution >= 0.6 is 0 Å². The molecule has 1 rings (SSSR count). The second-order valence-electron chi connectivity index (χ2n) is 9.12. The van der Waals surface area contributed by atoms with Crippen molar-refractivity contribution >= 4 is 5.97 Å². The Bertz CT molecular complexity index is 413. The van der Waals surface area contributed by atoms with Crippen LogP contribution in [0.2, 0.25) is 0 Å². The Hall–Kier alpha value is -0.650. The van der Waals surface area contributed by atoms with Crippen LogP contribution in [-0.4, -0.2) is 34.5 Å². The molecule has 0 amide bonds. The van der Waals surface area contributed by atoms with Crippen LogP contribution in [0.15, 0.2) is 0 Å². The summed E-state index contributed by atoms with van der Waals surface area (Å²) in [5.74, 6) is -0.475. The summed E-state index contributed by atoms with van der Waals surface area (Å²) in [5.41, 5.74) is -0.522. The summed E-state index contributed by atoms with van der Waals surface area (Å²) in [6.45, 7) is 6.28. The maximum Gasteiger partial charge on any atom is 0.303 e. The summed E-state index contributed by atoms with van der Waals surface area (Å²) < 4.78 is 5.82. The zero-order valence-electron chi connectivity index (χ0n) is 18.6. The largest absolute Gasteiger partial charge is 0.481 e. The number of hydrogen-bond acceptors (Lipinski definition) is 3. The Morgan fingerprint density at radius 3 is 1.93 bits per heavy atom. The first-order valence-electron chi connectivity index (χ1n) is 11.7. The van der Waals surface area contributed by atoms with Gasteiger partial charge in [-0.3, -0.25) is 4.79 Å². The molecule has 165 valence electrons. The third-order valence-corrected chi connectivity index (χ3v) is 6.28. The van der Waals surface area contributed by atoms with Crippen molar-refractivity contribution in [1.82, 2.24) is 5.06 Å². The van der Waals surface area contributed by atoms with E-state index < -0.39 is 11.5 Å². The molecule has 5 heteroatoms. The van der Waals surface area contributed by atoms with E-state index in [1.807, 2.05) is 13.8 Å². The molecule has 1 aliphatic heterocycles. The number of hydrogen-bond donors (Lipinski definition) is 1. The third kappa shape index (κ3) is 9.71. The van der Waals surface area contributed by atoms with Gasteiger partial charge in [0.15, 0.2) is 0 Å². The van der Waals surface area contributed by atoms with E-state index in [0.29, 0.717) is 6.42 Å². The first-order chi connectivity index (χ1) is 13.4. The number of aliphatic carboxylic acids is 1. The fraction of sp³-hybridized carbons (Fsp3) is 0.957. The molecule has 0 aromatic heterocycles. The van der Waals surface area contributed by atoms with Crippen LogP contribution in [0.25, 0.3) is 0 Å². The van der Waals surface area contributed by atoms with Crippen molar-refractivity contribution in [1.29, 1.82) is 0 Å². The summed E-state index contributed by atoms with van der Waals surface area (Å²) in [6, 6.07) is 0. The van der Waals surface area contributed by atoms with E-state index in [1.54, 1.807) is 0 Å². The van der Waals surface area contributed by atoms with Crippen molar-refractivity contribution in [2.75, 3.05) is 6.73 Å². The third-order valence-electron chi connectivity index (χ3n) is 6.28. The summed E-state index contributed by atoms with van der Waals surface area (Å²) in [6.07, 6.45) is 17.1. The summed E-state index contributed by atoms with van der Waals surface area (Å²) in [7, 11) is 0. The van der Waals surface area contributed by atoms with Crippen LogP contribution in [0.4, 0.5) is 0 Å². The van der Waals surface area contributed by atoms with Gasteiger partial charge in [0.2, 0.25) is 0 Å². The molecule has 1 aliphatic rings. The van der Waals surface area contributed by atoms with Gasteiger partial charge in [0.1, 0.15) is 6.73 Å². The molecule has 0 aromatic rings. The van der Waals surface area contributed by atoms with Crippen LogP contribution in [-0.2, 0) is 14.7 Å². The second-order valence-corrected chi connectivity index (χ2v) is 9.12. The highest BCUT2D eigenvalue weighted by molar-refractivity contribution is 5.66. The minimum Gasteiger partial charge on any atom is -0.481 e. The zero-order valence-corrected chi connectivity index (χ0v) is 18.6. The fourth-order valence-electron chi connectivity index (χ4n) is 4.41. The Labute approximate surface area is 172 Å². The Balaban J connectivity index is 2.23. The number of hydroxylamine groups is 2. The number of ether oxygens (including phenoxy) is 1. The SMILES string of the molecule is CCCCCCCCCCCCCC(CCCC(=O)O)C1OCN([O])C1(C)C. The lowest BCUT2D eigenvalue weighted by atomic mass is 9.81. The summed E-state index contributed by atoms with van der Waals surface area (Å²) >= 11 is 0. The Morgan fingerprint density at radius 1 is 0.964 bits per heavy atom. The Morgan fingerprint density at radius 2 is 1.46 bits per heavy atom. The van der Waals surface area contributed by atoms with Crippen molar-refractivity contribution in [3.8, 4) is 0 Å². The lowest BCUT2D eigenvalue weighted by Gasteiger charge is -2.33. The quantitative estimate of drug-likeness (QED) is 0.290. The summed E-state index contributed by atoms with van der Waals surface area (Å²) in [5, 5.41) is 22.0. The molecule has 0 aliphatic carbocycles. The van der Waals surface area contributed by atoms with E-state index in [2.05, 4.69) is 6.92 Å². The Kier molecular flexibility index (Phi) is 13.0. The van der Waals surface area contributed by atoms with E-state index in [4.69, 9.17) is 9.84 Å². The molecule has 1 radical (unpaired) electrons. The zero-order chi connectivity index (χ0) is 20.8. The normalized spacial score (nSPS) is 20.5. The fourth-order valence-corrected chi connectivity index (χ4v) is 4.41. The van der Waals surface area contributed by atoms with Gasteiger partial charge < -0.3 is 9.84 Å². The van der Waals surface area contributed by atoms with Crippen LogP contribution < -0.4 is 0 Å². The van der Waals surface area contributed by atoms with E-state index in [9.17, 15) is 10.0 Å². The van der Waals surface area contributed by atoms with Crippen molar-refractivity contribution in [3.63, 3.8) is 0 Å². The monoisotopic (exact) mass is 398 g/mol. The van der Waals surface area contributed by atoms with E-state index >= 15 is 0 Å². The van der Waals surface area contributed by atoms with Crippen LogP contribution in [0.1, 0.15) is 117 Å². The highest BCUT2D eigenvalue weighted by Gasteiger charge is 2.46. The van der Waals surface area contributed by atoms with Gasteiger partial charge in [0.05, 0.1) is 11.6 Å². The van der Waals surface area contributed by atoms with Crippen molar-refractivity contribution in [3.05, 3.63) is 0 Å². The van der Waals surface area contributed by atoms with Crippen LogP contribution in [0.5, 0.6) is 0 Å². The first-order valence-corrected chi connectivity index (χ1v) is 11.7. The number of carboxylic acid groups (broad SMARTS) is 1. The number of nitrogens with zero attached hydrogens (tertiary/aromatic N) is 1. The van der Waals surface area contributed by atoms with Gasteiger partial charge in [-0.25, -0.2) is 0 Å². The predicted molar refractivity (Wildman–Crippen MR) is 112 cm³/mol. The van der Waals surface area contributed by atoms with Gasteiger partial charge in [-0.1, -0.05) is 77.6 Å². The maximum atomic E-state index is 12.0. The molecule has 1 saturated heterocycles.